The molecule has 274 valence electrons. The number of hydrogen-bond acceptors (Lipinski definition) is 7. The SMILES string of the molecule is CC(=O)CCCCC[C@H](NS(=O)(=O)N(C)CCN(C)C)c1ncc(-c2ccc3ccccc3c2)[nH]1.O=C(O)C(F)(F)F.O=C(O)C(F)(F)F. The second-order valence-electron chi connectivity index (χ2n) is 11.0. The van der Waals surface area contributed by atoms with Crippen LogP contribution in [0, 0.1) is 0 Å². The average molecular weight is 728 g/mol. The molecular formula is C30H39F6N5O7S. The largest absolute Gasteiger partial charge is 0.490 e. The molecule has 19 heteroatoms. The number of nitrogens with zero attached hydrogens (tertiary/aromatic N) is 3. The van der Waals surface area contributed by atoms with E-state index in [9.17, 15) is 39.6 Å². The standard InChI is InChI=1S/C26H37N5O3S.2C2HF3O2/c1-20(32)10-6-5-7-13-24(29-35(33,34)31(4)17-16-30(2)3)26-27-19-25(28-26)23-15-14-21-11-8-9-12-22(21)18-23;2*3-2(4,5)1(6)7/h8-9,11-12,14-15,18-19,24,29H,5-7,10,13,16-17H2,1-4H3,(H,27,28);2*(H,6,7)/t24-;;/m0../s1. The zero-order chi connectivity index (χ0) is 37.6. The number of ketones is 1. The Morgan fingerprint density at radius 3 is 1.94 bits per heavy atom. The minimum atomic E-state index is -5.08. The average Bonchev–Trinajstić information content (AvgIpc) is 3.49. The summed E-state index contributed by atoms with van der Waals surface area (Å²) in [5.74, 6) is -4.75. The summed E-state index contributed by atoms with van der Waals surface area (Å²) in [5.41, 5.74) is 1.83. The van der Waals surface area contributed by atoms with Gasteiger partial charge in [0, 0.05) is 32.1 Å². The first-order valence-electron chi connectivity index (χ1n) is 14.6. The fourth-order valence-electron chi connectivity index (χ4n) is 3.90. The topological polar surface area (TPSA) is 173 Å². The van der Waals surface area contributed by atoms with Crippen LogP contribution in [-0.4, -0.2) is 102 Å². The Hall–Kier alpha value is -4.07. The van der Waals surface area contributed by atoms with Gasteiger partial charge in [-0.05, 0) is 50.7 Å². The molecule has 0 amide bonds. The molecule has 0 bridgehead atoms. The zero-order valence-electron chi connectivity index (χ0n) is 27.1. The third-order valence-corrected chi connectivity index (χ3v) is 8.14. The van der Waals surface area contributed by atoms with Crippen molar-refractivity contribution in [2.24, 2.45) is 0 Å². The Labute approximate surface area is 279 Å². The Balaban J connectivity index is 0.000000717. The fraction of sp³-hybridized carbons (Fsp3) is 0.467. The summed E-state index contributed by atoms with van der Waals surface area (Å²) in [4.78, 5) is 38.9. The smallest absolute Gasteiger partial charge is 0.475 e. The predicted molar refractivity (Wildman–Crippen MR) is 169 cm³/mol. The summed E-state index contributed by atoms with van der Waals surface area (Å²) in [6.45, 7) is 2.60. The van der Waals surface area contributed by atoms with Gasteiger partial charge in [-0.25, -0.2) is 14.6 Å². The lowest BCUT2D eigenvalue weighted by atomic mass is 10.1. The van der Waals surface area contributed by atoms with Gasteiger partial charge in [0.05, 0.1) is 17.9 Å². The molecule has 2 aromatic carbocycles. The quantitative estimate of drug-likeness (QED) is 0.125. The predicted octanol–water partition coefficient (Wildman–Crippen LogP) is 5.40. The third-order valence-electron chi connectivity index (χ3n) is 6.56. The van der Waals surface area contributed by atoms with Gasteiger partial charge >= 0.3 is 24.3 Å². The molecule has 3 rings (SSSR count). The van der Waals surface area contributed by atoms with Gasteiger partial charge in [0.25, 0.3) is 10.2 Å². The van der Waals surface area contributed by atoms with E-state index in [1.54, 1.807) is 20.2 Å². The number of aromatic amines is 1. The number of carboxylic acids is 2. The van der Waals surface area contributed by atoms with Crippen LogP contribution in [-0.2, 0) is 24.6 Å². The molecule has 4 N–H and O–H groups in total. The molecule has 49 heavy (non-hydrogen) atoms. The number of carbonyl (C=O) groups is 3. The molecule has 3 aromatic rings. The van der Waals surface area contributed by atoms with Crippen LogP contribution >= 0.6 is 0 Å². The van der Waals surface area contributed by atoms with E-state index in [1.807, 2.05) is 37.2 Å². The van der Waals surface area contributed by atoms with Crippen molar-refractivity contribution in [2.45, 2.75) is 57.4 Å². The number of unbranched alkanes of at least 4 members (excludes halogenated alkanes) is 2. The molecule has 0 aliphatic carbocycles. The Morgan fingerprint density at radius 2 is 1.43 bits per heavy atom. The summed E-state index contributed by atoms with van der Waals surface area (Å²) >= 11 is 0. The lowest BCUT2D eigenvalue weighted by Gasteiger charge is -2.23. The van der Waals surface area contributed by atoms with Crippen LogP contribution in [0.4, 0.5) is 26.3 Å². The summed E-state index contributed by atoms with van der Waals surface area (Å²) < 4.78 is 93.7. The number of alkyl halides is 6. The van der Waals surface area contributed by atoms with Gasteiger partial charge in [-0.1, -0.05) is 49.2 Å². The molecule has 0 spiro atoms. The van der Waals surface area contributed by atoms with Gasteiger partial charge in [-0.2, -0.15) is 43.8 Å². The van der Waals surface area contributed by atoms with Crippen LogP contribution in [0.2, 0.25) is 0 Å². The number of fused-ring (bicyclic) bond motifs is 1. The number of hydrogen-bond donors (Lipinski definition) is 4. The van der Waals surface area contributed by atoms with E-state index in [4.69, 9.17) is 19.8 Å². The highest BCUT2D eigenvalue weighted by Crippen LogP contribution is 2.26. The first-order valence-corrected chi connectivity index (χ1v) is 16.0. The molecule has 0 saturated heterocycles. The highest BCUT2D eigenvalue weighted by Gasteiger charge is 2.39. The van der Waals surface area contributed by atoms with Crippen molar-refractivity contribution in [2.75, 3.05) is 34.2 Å². The van der Waals surface area contributed by atoms with Crippen molar-refractivity contribution in [1.82, 2.24) is 23.9 Å². The molecule has 0 saturated carbocycles. The van der Waals surface area contributed by atoms with Crippen molar-refractivity contribution in [3.8, 4) is 11.3 Å². The number of nitrogens with one attached hydrogen (secondary N) is 2. The highest BCUT2D eigenvalue weighted by atomic mass is 32.2. The van der Waals surface area contributed by atoms with E-state index in [2.05, 4.69) is 39.0 Å². The van der Waals surface area contributed by atoms with Crippen LogP contribution in [0.25, 0.3) is 22.0 Å². The lowest BCUT2D eigenvalue weighted by molar-refractivity contribution is -0.193. The summed E-state index contributed by atoms with van der Waals surface area (Å²) in [5, 5.41) is 16.5. The molecule has 0 aliphatic heterocycles. The third kappa shape index (κ3) is 16.3. The van der Waals surface area contributed by atoms with E-state index in [1.165, 1.54) is 4.31 Å². The molecule has 0 fully saturated rings. The molecule has 0 unspecified atom stereocenters. The first-order chi connectivity index (χ1) is 22.5. The maximum atomic E-state index is 13.0. The maximum absolute atomic E-state index is 13.0. The van der Waals surface area contributed by atoms with Gasteiger partial charge < -0.3 is 24.9 Å². The first kappa shape index (κ1) is 43.0. The summed E-state index contributed by atoms with van der Waals surface area (Å²) in [7, 11) is 1.70. The number of Topliss-reactive ketones (excluding diaryl/α,β-unsaturated/α-hetero) is 1. The minimum Gasteiger partial charge on any atom is -0.475 e. The highest BCUT2D eigenvalue weighted by molar-refractivity contribution is 7.87. The number of aliphatic carboxylic acids is 2. The lowest BCUT2D eigenvalue weighted by Crippen LogP contribution is -2.43. The number of H-pyrrole nitrogens is 1. The zero-order valence-corrected chi connectivity index (χ0v) is 27.9. The molecule has 0 radical (unpaired) electrons. The van der Waals surface area contributed by atoms with E-state index in [0.717, 1.165) is 41.3 Å². The number of aromatic nitrogens is 2. The Morgan fingerprint density at radius 1 is 0.878 bits per heavy atom. The van der Waals surface area contributed by atoms with E-state index < -0.39 is 40.5 Å². The second kappa shape index (κ2) is 19.2. The molecule has 1 heterocycles. The number of imidazole rings is 1. The van der Waals surface area contributed by atoms with Gasteiger partial charge in [0.2, 0.25) is 0 Å². The van der Waals surface area contributed by atoms with Crippen molar-refractivity contribution < 1.29 is 59.4 Å². The fourth-order valence-corrected chi connectivity index (χ4v) is 4.99. The number of carboxylic acid groups (broad SMARTS) is 2. The minimum absolute atomic E-state index is 0.177. The molecule has 12 nitrogen and oxygen atoms in total. The van der Waals surface area contributed by atoms with Crippen LogP contribution in [0.3, 0.4) is 0 Å². The number of benzene rings is 2. The number of carbonyl (C=O) groups excluding carboxylic acids is 1. The van der Waals surface area contributed by atoms with Crippen molar-refractivity contribution >= 4 is 38.7 Å². The second-order valence-corrected chi connectivity index (χ2v) is 12.8. The van der Waals surface area contributed by atoms with Gasteiger partial charge in [-0.3, -0.25) is 0 Å². The Bertz CT molecular complexity index is 1600. The molecule has 1 atom stereocenters. The molecular weight excluding hydrogens is 688 g/mol. The maximum Gasteiger partial charge on any atom is 0.490 e. The number of rotatable bonds is 14. The van der Waals surface area contributed by atoms with Gasteiger partial charge in [-0.15, -0.1) is 0 Å². The van der Waals surface area contributed by atoms with Crippen LogP contribution in [0.5, 0.6) is 0 Å². The summed E-state index contributed by atoms with van der Waals surface area (Å²) in [6, 6.07) is 13.9. The van der Waals surface area contributed by atoms with Gasteiger partial charge in [0.15, 0.2) is 0 Å². The van der Waals surface area contributed by atoms with Gasteiger partial charge in [0.1, 0.15) is 11.6 Å². The van der Waals surface area contributed by atoms with Crippen molar-refractivity contribution in [3.63, 3.8) is 0 Å². The van der Waals surface area contributed by atoms with E-state index >= 15 is 0 Å². The van der Waals surface area contributed by atoms with Crippen LogP contribution in [0.1, 0.15) is 50.9 Å². The van der Waals surface area contributed by atoms with E-state index in [-0.39, 0.29) is 5.78 Å². The normalized spacial score (nSPS) is 12.6. The van der Waals surface area contributed by atoms with E-state index in [0.29, 0.717) is 31.8 Å². The number of likely N-dealkylation sites (N-methyl/N-ethyl adjacent to an activating group) is 2. The molecule has 0 aliphatic rings. The van der Waals surface area contributed by atoms with Crippen LogP contribution < -0.4 is 4.72 Å². The molecule has 1 aromatic heterocycles. The van der Waals surface area contributed by atoms with Crippen molar-refractivity contribution in [3.05, 3.63) is 54.5 Å². The summed E-state index contributed by atoms with van der Waals surface area (Å²) in [6.07, 6.45) is -4.83. The monoisotopic (exact) mass is 727 g/mol. The van der Waals surface area contributed by atoms with Crippen LogP contribution in [0.15, 0.2) is 48.7 Å². The Kier molecular flexibility index (Phi) is 16.8. The van der Waals surface area contributed by atoms with Crippen molar-refractivity contribution in [1.29, 1.82) is 0 Å². The number of halogens is 6.